The maximum Gasteiger partial charge on any atom is 0.115 e. The lowest BCUT2D eigenvalue weighted by molar-refractivity contribution is 0.196. The molecule has 27 heavy (non-hydrogen) atoms. The molecule has 0 amide bonds. The highest BCUT2D eigenvalue weighted by Crippen LogP contribution is 2.36. The third-order valence-electron chi connectivity index (χ3n) is 4.42. The van der Waals surface area contributed by atoms with E-state index < -0.39 is 0 Å². The molecule has 0 aliphatic rings. The molecule has 0 bridgehead atoms. The first-order valence-corrected chi connectivity index (χ1v) is 8.90. The van der Waals surface area contributed by atoms with Gasteiger partial charge in [-0.1, -0.05) is 24.3 Å². The van der Waals surface area contributed by atoms with Crippen LogP contribution in [0.15, 0.2) is 73.1 Å². The smallest absolute Gasteiger partial charge is 0.115 e. The fraction of sp³-hybridized carbons (Fsp3) is 0.174. The van der Waals surface area contributed by atoms with Gasteiger partial charge in [-0.15, -0.1) is 0 Å². The summed E-state index contributed by atoms with van der Waals surface area (Å²) in [6.07, 6.45) is 5.29. The summed E-state index contributed by atoms with van der Waals surface area (Å²) in [5, 5.41) is 19.4. The van der Waals surface area contributed by atoms with Crippen LogP contribution >= 0.6 is 0 Å². The molecule has 2 aromatic carbocycles. The number of benzene rings is 2. The topological polar surface area (TPSA) is 62.6 Å². The van der Waals surface area contributed by atoms with E-state index in [0.717, 1.165) is 35.1 Å². The summed E-state index contributed by atoms with van der Waals surface area (Å²) >= 11 is 0. The first kappa shape index (κ1) is 18.7. The van der Waals surface area contributed by atoms with Crippen molar-refractivity contribution in [3.8, 4) is 11.5 Å². The molecular weight excluding hydrogens is 338 g/mol. The lowest BCUT2D eigenvalue weighted by atomic mass is 9.87. The van der Waals surface area contributed by atoms with E-state index in [1.165, 1.54) is 5.57 Å². The standard InChI is InChI=1S/C23H23NO3/c1-27-16-2-3-22(17-12-14-24-15-13-17)23(18-4-8-20(25)9-5-18)19-6-10-21(26)11-7-19/h4-15,25-26H,2-3,16H2,1H3. The van der Waals surface area contributed by atoms with E-state index in [0.29, 0.717) is 6.61 Å². The molecule has 0 unspecified atom stereocenters. The van der Waals surface area contributed by atoms with E-state index in [2.05, 4.69) is 4.98 Å². The number of pyridine rings is 1. The number of rotatable bonds is 7. The van der Waals surface area contributed by atoms with Crippen molar-refractivity contribution < 1.29 is 14.9 Å². The van der Waals surface area contributed by atoms with Crippen LogP contribution in [0.4, 0.5) is 0 Å². The molecule has 2 N–H and O–H groups in total. The van der Waals surface area contributed by atoms with Gasteiger partial charge >= 0.3 is 0 Å². The number of nitrogens with zero attached hydrogens (tertiary/aromatic N) is 1. The van der Waals surface area contributed by atoms with Crippen LogP contribution in [0.2, 0.25) is 0 Å². The minimum atomic E-state index is 0.230. The minimum absolute atomic E-state index is 0.230. The highest BCUT2D eigenvalue weighted by molar-refractivity contribution is 5.98. The number of hydrogen-bond donors (Lipinski definition) is 2. The molecule has 0 fully saturated rings. The van der Waals surface area contributed by atoms with Crippen molar-refractivity contribution in [2.45, 2.75) is 12.8 Å². The van der Waals surface area contributed by atoms with Gasteiger partial charge in [0.05, 0.1) is 0 Å². The summed E-state index contributed by atoms with van der Waals surface area (Å²) in [5.41, 5.74) is 5.34. The second-order valence-electron chi connectivity index (χ2n) is 6.28. The van der Waals surface area contributed by atoms with Gasteiger partial charge in [-0.05, 0) is 77.1 Å². The lowest BCUT2D eigenvalue weighted by Gasteiger charge is -2.17. The summed E-state index contributed by atoms with van der Waals surface area (Å²) in [5.74, 6) is 0.460. The molecule has 0 saturated heterocycles. The van der Waals surface area contributed by atoms with Crippen LogP contribution in [0.1, 0.15) is 29.5 Å². The monoisotopic (exact) mass is 361 g/mol. The third kappa shape index (κ3) is 4.74. The Labute approximate surface area is 159 Å². The van der Waals surface area contributed by atoms with E-state index >= 15 is 0 Å². The Balaban J connectivity index is 2.21. The first-order valence-electron chi connectivity index (χ1n) is 8.90. The van der Waals surface area contributed by atoms with Crippen molar-refractivity contribution in [3.63, 3.8) is 0 Å². The van der Waals surface area contributed by atoms with Crippen molar-refractivity contribution in [2.75, 3.05) is 13.7 Å². The average molecular weight is 361 g/mol. The maximum absolute atomic E-state index is 9.70. The zero-order valence-corrected chi connectivity index (χ0v) is 15.3. The lowest BCUT2D eigenvalue weighted by Crippen LogP contribution is -1.98. The van der Waals surface area contributed by atoms with Crippen LogP contribution in [0.3, 0.4) is 0 Å². The van der Waals surface area contributed by atoms with Crippen molar-refractivity contribution in [1.29, 1.82) is 0 Å². The number of ether oxygens (including phenoxy) is 1. The Bertz CT molecular complexity index is 838. The summed E-state index contributed by atoms with van der Waals surface area (Å²) in [6.45, 7) is 0.674. The quantitative estimate of drug-likeness (QED) is 0.589. The van der Waals surface area contributed by atoms with E-state index in [4.69, 9.17) is 4.74 Å². The molecule has 4 nitrogen and oxygen atoms in total. The number of aromatic nitrogens is 1. The van der Waals surface area contributed by atoms with Crippen LogP contribution in [0.5, 0.6) is 11.5 Å². The number of hydrogen-bond acceptors (Lipinski definition) is 4. The molecule has 0 radical (unpaired) electrons. The Kier molecular flexibility index (Phi) is 6.23. The molecule has 4 heteroatoms. The van der Waals surface area contributed by atoms with Crippen molar-refractivity contribution in [3.05, 3.63) is 89.7 Å². The largest absolute Gasteiger partial charge is 0.508 e. The molecule has 0 aliphatic carbocycles. The molecule has 1 aromatic heterocycles. The number of methoxy groups -OCH3 is 1. The van der Waals surface area contributed by atoms with Crippen LogP contribution < -0.4 is 0 Å². The van der Waals surface area contributed by atoms with Gasteiger partial charge in [-0.25, -0.2) is 0 Å². The normalized spacial score (nSPS) is 10.6. The predicted octanol–water partition coefficient (Wildman–Crippen LogP) is 4.88. The summed E-state index contributed by atoms with van der Waals surface area (Å²) < 4.78 is 5.25. The molecule has 3 aromatic rings. The molecule has 0 aliphatic heterocycles. The average Bonchev–Trinajstić information content (AvgIpc) is 2.70. The molecule has 0 atom stereocenters. The Morgan fingerprint density at radius 1 is 0.778 bits per heavy atom. The number of aromatic hydroxyl groups is 2. The highest BCUT2D eigenvalue weighted by Gasteiger charge is 2.14. The zero-order valence-electron chi connectivity index (χ0n) is 15.3. The summed E-state index contributed by atoms with van der Waals surface area (Å²) in [6, 6.07) is 18.4. The highest BCUT2D eigenvalue weighted by atomic mass is 16.5. The van der Waals surface area contributed by atoms with E-state index in [1.807, 2.05) is 36.4 Å². The van der Waals surface area contributed by atoms with Gasteiger partial charge in [0.25, 0.3) is 0 Å². The maximum atomic E-state index is 9.70. The van der Waals surface area contributed by atoms with Gasteiger partial charge in [0, 0.05) is 26.1 Å². The fourth-order valence-corrected chi connectivity index (χ4v) is 3.13. The molecular formula is C23H23NO3. The predicted molar refractivity (Wildman–Crippen MR) is 107 cm³/mol. The van der Waals surface area contributed by atoms with Gasteiger partial charge in [-0.2, -0.15) is 0 Å². The first-order chi connectivity index (χ1) is 13.2. The van der Waals surface area contributed by atoms with Gasteiger partial charge in [0.15, 0.2) is 0 Å². The van der Waals surface area contributed by atoms with E-state index in [-0.39, 0.29) is 11.5 Å². The Morgan fingerprint density at radius 3 is 1.78 bits per heavy atom. The number of phenols is 2. The van der Waals surface area contributed by atoms with Crippen LogP contribution in [-0.4, -0.2) is 28.9 Å². The summed E-state index contributed by atoms with van der Waals surface area (Å²) in [7, 11) is 1.71. The fourth-order valence-electron chi connectivity index (χ4n) is 3.13. The summed E-state index contributed by atoms with van der Waals surface area (Å²) in [4.78, 5) is 4.14. The second-order valence-corrected chi connectivity index (χ2v) is 6.28. The van der Waals surface area contributed by atoms with Crippen LogP contribution in [-0.2, 0) is 4.74 Å². The number of allylic oxidation sites excluding steroid dienone is 1. The molecule has 138 valence electrons. The van der Waals surface area contributed by atoms with Gasteiger partial charge < -0.3 is 14.9 Å². The SMILES string of the molecule is COCCCC(=C(c1ccc(O)cc1)c1ccc(O)cc1)c1ccncc1. The van der Waals surface area contributed by atoms with Gasteiger partial charge in [-0.3, -0.25) is 4.98 Å². The van der Waals surface area contributed by atoms with Crippen molar-refractivity contribution in [1.82, 2.24) is 4.98 Å². The Morgan fingerprint density at radius 2 is 1.30 bits per heavy atom. The number of phenolic OH excluding ortho intramolecular Hbond substituents is 2. The minimum Gasteiger partial charge on any atom is -0.508 e. The second kappa shape index (κ2) is 9.01. The van der Waals surface area contributed by atoms with Crippen molar-refractivity contribution >= 4 is 11.1 Å². The molecule has 3 rings (SSSR count). The van der Waals surface area contributed by atoms with Crippen LogP contribution in [0.25, 0.3) is 11.1 Å². The Hall–Kier alpha value is -3.11. The molecule has 1 heterocycles. The molecule has 0 saturated carbocycles. The zero-order chi connectivity index (χ0) is 19.1. The van der Waals surface area contributed by atoms with Crippen molar-refractivity contribution in [2.24, 2.45) is 0 Å². The van der Waals surface area contributed by atoms with E-state index in [9.17, 15) is 10.2 Å². The third-order valence-corrected chi connectivity index (χ3v) is 4.42. The van der Waals surface area contributed by atoms with Crippen LogP contribution in [0, 0.1) is 0 Å². The van der Waals surface area contributed by atoms with E-state index in [1.54, 1.807) is 43.8 Å². The van der Waals surface area contributed by atoms with Gasteiger partial charge in [0.1, 0.15) is 11.5 Å². The van der Waals surface area contributed by atoms with Gasteiger partial charge in [0.2, 0.25) is 0 Å². The molecule has 0 spiro atoms.